The highest BCUT2D eigenvalue weighted by Gasteiger charge is 2.32. The fourth-order valence-electron chi connectivity index (χ4n) is 2.91. The van der Waals surface area contributed by atoms with Crippen LogP contribution in [0.4, 0.5) is 0 Å². The predicted octanol–water partition coefficient (Wildman–Crippen LogP) is -2.62. The van der Waals surface area contributed by atoms with E-state index in [2.05, 4.69) is 28.6 Å². The van der Waals surface area contributed by atoms with Gasteiger partial charge in [-0.05, 0) is 31.0 Å². The van der Waals surface area contributed by atoms with Gasteiger partial charge >= 0.3 is 5.97 Å². The molecule has 0 fully saturated rings. The Morgan fingerprint density at radius 2 is 1.51 bits per heavy atom. The lowest BCUT2D eigenvalue weighted by Crippen LogP contribution is -2.58. The van der Waals surface area contributed by atoms with Gasteiger partial charge in [0, 0.05) is 18.6 Å². The van der Waals surface area contributed by atoms with E-state index in [1.165, 1.54) is 24.3 Å². The minimum absolute atomic E-state index is 0.00105. The van der Waals surface area contributed by atoms with E-state index in [4.69, 9.17) is 11.5 Å². The van der Waals surface area contributed by atoms with Crippen molar-refractivity contribution in [3.63, 3.8) is 0 Å². The first kappa shape index (κ1) is 29.7. The smallest absolute Gasteiger partial charge is 0.328 e. The maximum atomic E-state index is 13.1. The van der Waals surface area contributed by atoms with Crippen LogP contribution in [0.1, 0.15) is 25.3 Å². The van der Waals surface area contributed by atoms with Gasteiger partial charge < -0.3 is 42.7 Å². The van der Waals surface area contributed by atoms with Gasteiger partial charge in [-0.2, -0.15) is 12.6 Å². The van der Waals surface area contributed by atoms with Crippen LogP contribution in [0.2, 0.25) is 0 Å². The number of phenols is 1. The number of carbonyl (C=O) groups excluding carboxylic acids is 4. The predicted molar refractivity (Wildman–Crippen MR) is 127 cm³/mol. The number of aliphatic hydroxyl groups excluding tert-OH is 1. The fourth-order valence-corrected chi connectivity index (χ4v) is 3.07. The Kier molecular flexibility index (Phi) is 12.0. The Bertz CT molecular complexity index is 911. The number of hydrogen-bond donors (Lipinski definition) is 9. The molecule has 0 aliphatic heterocycles. The van der Waals surface area contributed by atoms with Crippen LogP contribution in [-0.4, -0.2) is 80.9 Å². The number of rotatable bonds is 14. The number of carboxylic acids is 1. The number of amides is 4. The topological polar surface area (TPSA) is 234 Å². The summed E-state index contributed by atoms with van der Waals surface area (Å²) in [7, 11) is 0. The normalized spacial score (nSPS) is 15.1. The van der Waals surface area contributed by atoms with E-state index in [0.29, 0.717) is 5.56 Å². The number of nitrogens with two attached hydrogens (primary N) is 2. The summed E-state index contributed by atoms with van der Waals surface area (Å²) in [4.78, 5) is 60.7. The van der Waals surface area contributed by atoms with Crippen LogP contribution >= 0.6 is 12.6 Å². The molecule has 0 aliphatic carbocycles. The Morgan fingerprint density at radius 3 is 2.00 bits per heavy atom. The van der Waals surface area contributed by atoms with Gasteiger partial charge in [-0.3, -0.25) is 19.2 Å². The van der Waals surface area contributed by atoms with Crippen molar-refractivity contribution in [1.29, 1.82) is 0 Å². The fraction of sp³-hybridized carbons (Fsp3) is 0.476. The van der Waals surface area contributed by atoms with Crippen LogP contribution in [0.3, 0.4) is 0 Å². The summed E-state index contributed by atoms with van der Waals surface area (Å²) in [5.41, 5.74) is 11.4. The maximum Gasteiger partial charge on any atom is 0.328 e. The third-order valence-electron chi connectivity index (χ3n) is 4.90. The summed E-state index contributed by atoms with van der Waals surface area (Å²) in [6.45, 7) is 1.16. The maximum absolute atomic E-state index is 13.1. The summed E-state index contributed by atoms with van der Waals surface area (Å²) in [6, 6.07) is 0.492. The molecule has 0 saturated heterocycles. The van der Waals surface area contributed by atoms with Crippen LogP contribution in [0.25, 0.3) is 0 Å². The molecule has 14 heteroatoms. The first-order chi connectivity index (χ1) is 16.3. The largest absolute Gasteiger partial charge is 0.508 e. The molecule has 0 spiro atoms. The van der Waals surface area contributed by atoms with Gasteiger partial charge in [0.05, 0.1) is 12.1 Å². The number of hydrogen-bond acceptors (Lipinski definition) is 9. The lowest BCUT2D eigenvalue weighted by molar-refractivity contribution is -0.145. The van der Waals surface area contributed by atoms with Gasteiger partial charge in [0.2, 0.25) is 23.6 Å². The first-order valence-electron chi connectivity index (χ1n) is 10.6. The summed E-state index contributed by atoms with van der Waals surface area (Å²) >= 11 is 3.95. The Labute approximate surface area is 207 Å². The van der Waals surface area contributed by atoms with E-state index >= 15 is 0 Å². The highest BCUT2D eigenvalue weighted by atomic mass is 32.1. The van der Waals surface area contributed by atoms with Gasteiger partial charge in [-0.15, -0.1) is 0 Å². The first-order valence-corrected chi connectivity index (χ1v) is 11.2. The molecular formula is C21H31N5O8S. The van der Waals surface area contributed by atoms with Crippen molar-refractivity contribution < 1.29 is 39.3 Å². The third kappa shape index (κ3) is 10.2. The van der Waals surface area contributed by atoms with E-state index < -0.39 is 59.9 Å². The van der Waals surface area contributed by atoms with Gasteiger partial charge in [0.25, 0.3) is 0 Å². The van der Waals surface area contributed by atoms with E-state index in [-0.39, 0.29) is 30.8 Å². The van der Waals surface area contributed by atoms with Gasteiger partial charge in [-0.25, -0.2) is 4.79 Å². The zero-order valence-electron chi connectivity index (χ0n) is 19.0. The molecule has 0 aliphatic rings. The second-order valence-corrected chi connectivity index (χ2v) is 8.22. The number of nitrogens with one attached hydrogen (secondary N) is 3. The van der Waals surface area contributed by atoms with Gasteiger partial charge in [-0.1, -0.05) is 12.1 Å². The number of primary amides is 1. The summed E-state index contributed by atoms with van der Waals surface area (Å²) in [5, 5.41) is 35.3. The molecule has 35 heavy (non-hydrogen) atoms. The van der Waals surface area contributed by atoms with Crippen LogP contribution < -0.4 is 27.4 Å². The number of carbonyl (C=O) groups is 5. The third-order valence-corrected chi connectivity index (χ3v) is 5.29. The second-order valence-electron chi connectivity index (χ2n) is 7.85. The van der Waals surface area contributed by atoms with Crippen molar-refractivity contribution in [2.45, 2.75) is 56.5 Å². The van der Waals surface area contributed by atoms with Crippen molar-refractivity contribution in [1.82, 2.24) is 16.0 Å². The quantitative estimate of drug-likeness (QED) is 0.118. The molecule has 13 nitrogen and oxygen atoms in total. The standard InChI is InChI=1S/C21H31N5O8S/c1-10(27)17(21(33)34)26-19(31)14(6-7-16(23)29)24-20(32)15(25-18(30)13(22)9-35)8-11-2-4-12(28)5-3-11/h2-5,10,13-15,17,27-28,35H,6-9,22H2,1H3,(H2,23,29)(H,24,32)(H,25,30)(H,26,31)(H,33,34). The van der Waals surface area contributed by atoms with Crippen molar-refractivity contribution in [2.24, 2.45) is 11.5 Å². The average Bonchev–Trinajstić information content (AvgIpc) is 2.79. The van der Waals surface area contributed by atoms with E-state index in [9.17, 15) is 39.3 Å². The lowest BCUT2D eigenvalue weighted by Gasteiger charge is -2.25. The van der Waals surface area contributed by atoms with Crippen molar-refractivity contribution in [3.8, 4) is 5.75 Å². The molecule has 0 aromatic heterocycles. The molecular weight excluding hydrogens is 482 g/mol. The van der Waals surface area contributed by atoms with Crippen LogP contribution in [-0.2, 0) is 30.4 Å². The van der Waals surface area contributed by atoms with Crippen LogP contribution in [0.15, 0.2) is 24.3 Å². The molecule has 0 saturated carbocycles. The number of phenolic OH excluding ortho intramolecular Hbond substituents is 1. The van der Waals surface area contributed by atoms with E-state index in [1.54, 1.807) is 0 Å². The van der Waals surface area contributed by atoms with E-state index in [1.807, 2.05) is 0 Å². The number of benzene rings is 1. The number of aliphatic hydroxyl groups is 1. The minimum atomic E-state index is -1.67. The number of aromatic hydroxyl groups is 1. The minimum Gasteiger partial charge on any atom is -0.508 e. The summed E-state index contributed by atoms with van der Waals surface area (Å²) < 4.78 is 0. The lowest BCUT2D eigenvalue weighted by atomic mass is 10.0. The highest BCUT2D eigenvalue weighted by molar-refractivity contribution is 7.80. The molecule has 10 N–H and O–H groups in total. The number of aliphatic carboxylic acids is 1. The molecule has 1 aromatic carbocycles. The molecule has 194 valence electrons. The second kappa shape index (κ2) is 14.1. The molecule has 0 radical (unpaired) electrons. The molecule has 0 heterocycles. The molecule has 1 aromatic rings. The molecule has 5 unspecified atom stereocenters. The van der Waals surface area contributed by atoms with Crippen molar-refractivity contribution in [2.75, 3.05) is 5.75 Å². The average molecular weight is 514 g/mol. The Morgan fingerprint density at radius 1 is 0.971 bits per heavy atom. The summed E-state index contributed by atoms with van der Waals surface area (Å²) in [6.07, 6.45) is -2.08. The SMILES string of the molecule is CC(O)C(NC(=O)C(CCC(N)=O)NC(=O)C(Cc1ccc(O)cc1)NC(=O)C(N)CS)C(=O)O. The molecule has 4 amide bonds. The zero-order chi connectivity index (χ0) is 26.7. The molecule has 0 bridgehead atoms. The van der Waals surface area contributed by atoms with Crippen molar-refractivity contribution in [3.05, 3.63) is 29.8 Å². The monoisotopic (exact) mass is 513 g/mol. The van der Waals surface area contributed by atoms with Crippen LogP contribution in [0.5, 0.6) is 5.75 Å². The van der Waals surface area contributed by atoms with Gasteiger partial charge in [0.1, 0.15) is 17.8 Å². The van der Waals surface area contributed by atoms with E-state index in [0.717, 1.165) is 6.92 Å². The Balaban J connectivity index is 3.14. The number of carboxylic acid groups (broad SMARTS) is 1. The molecule has 5 atom stereocenters. The zero-order valence-corrected chi connectivity index (χ0v) is 19.9. The Hall–Kier alpha value is -3.36. The van der Waals surface area contributed by atoms with Crippen LogP contribution in [0, 0.1) is 0 Å². The molecule has 1 rings (SSSR count). The highest BCUT2D eigenvalue weighted by Crippen LogP contribution is 2.12. The number of thiol groups is 1. The van der Waals surface area contributed by atoms with Gasteiger partial charge in [0.15, 0.2) is 6.04 Å². The summed E-state index contributed by atoms with van der Waals surface area (Å²) in [5.74, 6) is -4.77. The van der Waals surface area contributed by atoms with Crippen molar-refractivity contribution >= 4 is 42.2 Å².